The summed E-state index contributed by atoms with van der Waals surface area (Å²) in [5, 5.41) is 11.5. The fourth-order valence-electron chi connectivity index (χ4n) is 3.15. The van der Waals surface area contributed by atoms with Crippen molar-refractivity contribution in [1.82, 2.24) is 5.32 Å². The van der Waals surface area contributed by atoms with Gasteiger partial charge in [0, 0.05) is 0 Å². The molecule has 0 aromatic heterocycles. The molecule has 33 heavy (non-hydrogen) atoms. The number of carboxylic acid groups (broad SMARTS) is 1. The van der Waals surface area contributed by atoms with Gasteiger partial charge in [-0.25, -0.2) is 4.79 Å². The highest BCUT2D eigenvalue weighted by Crippen LogP contribution is 2.35. The van der Waals surface area contributed by atoms with Gasteiger partial charge in [-0.2, -0.15) is 0 Å². The summed E-state index contributed by atoms with van der Waals surface area (Å²) in [7, 11) is 0. The first kappa shape index (κ1) is 24.6. The fourth-order valence-corrected chi connectivity index (χ4v) is 4.21. The lowest BCUT2D eigenvalue weighted by Crippen LogP contribution is -2.54. The van der Waals surface area contributed by atoms with Gasteiger partial charge in [-0.1, -0.05) is 19.1 Å². The molecule has 3 rings (SSSR count). The van der Waals surface area contributed by atoms with E-state index in [1.807, 2.05) is 41.6 Å². The third-order valence-electron chi connectivity index (χ3n) is 4.69. The topological polar surface area (TPSA) is 105 Å². The number of hydrogen-bond acceptors (Lipinski definition) is 6. The van der Waals surface area contributed by atoms with E-state index in [-0.39, 0.29) is 16.4 Å². The Morgan fingerprint density at radius 1 is 1.18 bits per heavy atom. The normalized spacial score (nSPS) is 14.9. The molecular formula is C23H21IN2O6S. The van der Waals surface area contributed by atoms with Gasteiger partial charge < -0.3 is 14.6 Å². The van der Waals surface area contributed by atoms with E-state index in [1.54, 1.807) is 31.2 Å². The van der Waals surface area contributed by atoms with Gasteiger partial charge >= 0.3 is 5.97 Å². The van der Waals surface area contributed by atoms with Crippen LogP contribution in [0.15, 0.2) is 42.0 Å². The molecule has 1 fully saturated rings. The molecule has 10 heteroatoms. The highest BCUT2D eigenvalue weighted by Gasteiger charge is 2.34. The summed E-state index contributed by atoms with van der Waals surface area (Å²) in [5.41, 5.74) is 2.08. The molecular weight excluding hydrogens is 559 g/mol. The van der Waals surface area contributed by atoms with Gasteiger partial charge in [-0.3, -0.25) is 19.8 Å². The van der Waals surface area contributed by atoms with Crippen LogP contribution in [0.2, 0.25) is 0 Å². The maximum absolute atomic E-state index is 13.2. The Labute approximate surface area is 209 Å². The number of carbonyl (C=O) groups excluding carboxylic acids is 2. The van der Waals surface area contributed by atoms with E-state index in [4.69, 9.17) is 26.8 Å². The molecule has 1 aliphatic heterocycles. The third-order valence-corrected chi connectivity index (χ3v) is 5.77. The zero-order chi connectivity index (χ0) is 24.1. The summed E-state index contributed by atoms with van der Waals surface area (Å²) in [5.74, 6) is -1.69. The maximum atomic E-state index is 13.2. The minimum Gasteiger partial charge on any atom is -0.490 e. The number of amides is 2. The molecule has 2 aromatic rings. The lowest BCUT2D eigenvalue weighted by atomic mass is 10.1. The average Bonchev–Trinajstić information content (AvgIpc) is 2.76. The van der Waals surface area contributed by atoms with E-state index in [0.29, 0.717) is 27.2 Å². The Bertz CT molecular complexity index is 1150. The quantitative estimate of drug-likeness (QED) is 0.213. The summed E-state index contributed by atoms with van der Waals surface area (Å²) < 4.78 is 11.5. The molecule has 0 saturated carbocycles. The van der Waals surface area contributed by atoms with Crippen molar-refractivity contribution >= 4 is 69.5 Å². The predicted molar refractivity (Wildman–Crippen MR) is 135 cm³/mol. The number of nitrogens with one attached hydrogen (secondary N) is 1. The molecule has 0 aliphatic carbocycles. The van der Waals surface area contributed by atoms with Crippen LogP contribution in [-0.4, -0.2) is 41.2 Å². The van der Waals surface area contributed by atoms with Gasteiger partial charge in [-0.15, -0.1) is 0 Å². The van der Waals surface area contributed by atoms with E-state index in [2.05, 4.69) is 5.32 Å². The molecule has 2 aromatic carbocycles. The van der Waals surface area contributed by atoms with Crippen LogP contribution in [0, 0.1) is 3.57 Å². The largest absolute Gasteiger partial charge is 0.490 e. The molecule has 0 unspecified atom stereocenters. The molecule has 1 saturated heterocycles. The minimum atomic E-state index is -1.12. The van der Waals surface area contributed by atoms with Crippen LogP contribution >= 0.6 is 34.8 Å². The Morgan fingerprint density at radius 2 is 1.88 bits per heavy atom. The number of carbonyl (C=O) groups is 3. The number of hydrogen-bond donors (Lipinski definition) is 2. The van der Waals surface area contributed by atoms with Crippen molar-refractivity contribution in [2.75, 3.05) is 18.1 Å². The Morgan fingerprint density at radius 3 is 2.48 bits per heavy atom. The van der Waals surface area contributed by atoms with E-state index in [0.717, 1.165) is 12.0 Å². The van der Waals surface area contributed by atoms with Crippen LogP contribution in [-0.2, 0) is 20.8 Å². The molecule has 172 valence electrons. The number of benzene rings is 2. The molecule has 1 aliphatic rings. The molecule has 0 atom stereocenters. The maximum Gasteiger partial charge on any atom is 0.341 e. The molecule has 8 nitrogen and oxygen atoms in total. The first-order valence-corrected chi connectivity index (χ1v) is 11.5. The van der Waals surface area contributed by atoms with E-state index in [1.165, 1.54) is 11.0 Å². The average molecular weight is 580 g/mol. The third kappa shape index (κ3) is 5.69. The van der Waals surface area contributed by atoms with Gasteiger partial charge in [0.25, 0.3) is 11.8 Å². The number of rotatable bonds is 8. The number of ether oxygens (including phenoxy) is 2. The van der Waals surface area contributed by atoms with Crippen molar-refractivity contribution in [3.05, 3.63) is 56.7 Å². The van der Waals surface area contributed by atoms with Gasteiger partial charge in [0.15, 0.2) is 23.2 Å². The summed E-state index contributed by atoms with van der Waals surface area (Å²) in [4.78, 5) is 38.0. The predicted octanol–water partition coefficient (Wildman–Crippen LogP) is 3.55. The SMILES string of the molecule is CCOc1cc(/C=C2\C(=O)NC(=S)N(c3ccc(CC)cc3)C2=O)cc(I)c1OCC(=O)O. The fraction of sp³-hybridized carbons (Fsp3) is 0.217. The van der Waals surface area contributed by atoms with Gasteiger partial charge in [0.05, 0.1) is 15.9 Å². The molecule has 1 heterocycles. The zero-order valence-electron chi connectivity index (χ0n) is 17.9. The highest BCUT2D eigenvalue weighted by molar-refractivity contribution is 14.1. The second-order valence-electron chi connectivity index (χ2n) is 6.92. The Hall–Kier alpha value is -2.99. The van der Waals surface area contributed by atoms with Crippen LogP contribution in [0.5, 0.6) is 11.5 Å². The van der Waals surface area contributed by atoms with Crippen molar-refractivity contribution < 1.29 is 29.0 Å². The van der Waals surface area contributed by atoms with Crippen LogP contribution in [0.1, 0.15) is 25.0 Å². The standard InChI is InChI=1S/C23H21IN2O6S/c1-3-13-5-7-15(8-6-13)26-22(30)16(21(29)25-23(26)33)9-14-10-17(24)20(32-12-19(27)28)18(11-14)31-4-2/h5-11H,3-4,12H2,1-2H3,(H,27,28)(H,25,29,33)/b16-9+. The van der Waals surface area contributed by atoms with Crippen LogP contribution in [0.3, 0.4) is 0 Å². The Kier molecular flexibility index (Phi) is 8.03. The zero-order valence-corrected chi connectivity index (χ0v) is 20.9. The number of nitrogens with zero attached hydrogens (tertiary/aromatic N) is 1. The van der Waals surface area contributed by atoms with E-state index >= 15 is 0 Å². The first-order chi connectivity index (χ1) is 15.7. The molecule has 0 bridgehead atoms. The molecule has 0 radical (unpaired) electrons. The van der Waals surface area contributed by atoms with E-state index in [9.17, 15) is 14.4 Å². The summed E-state index contributed by atoms with van der Waals surface area (Å²) in [6.07, 6.45) is 2.30. The van der Waals surface area contributed by atoms with E-state index < -0.39 is 24.4 Å². The minimum absolute atomic E-state index is 0.00778. The Balaban J connectivity index is 1.99. The van der Waals surface area contributed by atoms with Crippen molar-refractivity contribution in [1.29, 1.82) is 0 Å². The molecule has 2 N–H and O–H groups in total. The smallest absolute Gasteiger partial charge is 0.341 e. The van der Waals surface area contributed by atoms with Crippen LogP contribution in [0.4, 0.5) is 5.69 Å². The number of aliphatic carboxylic acids is 1. The lowest BCUT2D eigenvalue weighted by molar-refractivity contribution is -0.139. The first-order valence-electron chi connectivity index (χ1n) is 10.1. The van der Waals surface area contributed by atoms with Gasteiger partial charge in [-0.05, 0) is 89.6 Å². The van der Waals surface area contributed by atoms with Crippen molar-refractivity contribution in [3.63, 3.8) is 0 Å². The number of anilines is 1. The number of carboxylic acids is 1. The number of halogens is 1. The van der Waals surface area contributed by atoms with Gasteiger partial charge in [0.2, 0.25) is 0 Å². The summed E-state index contributed by atoms with van der Waals surface area (Å²) in [6.45, 7) is 3.59. The number of aryl methyl sites for hydroxylation is 1. The van der Waals surface area contributed by atoms with Crippen molar-refractivity contribution in [2.45, 2.75) is 20.3 Å². The lowest BCUT2D eigenvalue weighted by Gasteiger charge is -2.29. The molecule has 0 spiro atoms. The van der Waals surface area contributed by atoms with Crippen molar-refractivity contribution in [2.24, 2.45) is 0 Å². The van der Waals surface area contributed by atoms with Gasteiger partial charge in [0.1, 0.15) is 5.57 Å². The second-order valence-corrected chi connectivity index (χ2v) is 8.47. The molecule has 2 amide bonds. The van der Waals surface area contributed by atoms with Crippen LogP contribution < -0.4 is 19.7 Å². The highest BCUT2D eigenvalue weighted by atomic mass is 127. The second kappa shape index (κ2) is 10.8. The van der Waals surface area contributed by atoms with Crippen molar-refractivity contribution in [3.8, 4) is 11.5 Å². The summed E-state index contributed by atoms with van der Waals surface area (Å²) in [6, 6.07) is 10.6. The summed E-state index contributed by atoms with van der Waals surface area (Å²) >= 11 is 7.23. The van der Waals surface area contributed by atoms with Crippen LogP contribution in [0.25, 0.3) is 6.08 Å². The monoisotopic (exact) mass is 580 g/mol. The number of thiocarbonyl (C=S) groups is 1.